The molecule has 3 N–H and O–H groups in total. The largest absolute Gasteiger partial charge is 0.477 e. The number of rotatable bonds is 15. The number of esters is 1. The van der Waals surface area contributed by atoms with Gasteiger partial charge >= 0.3 is 11.9 Å². The van der Waals surface area contributed by atoms with Crippen molar-refractivity contribution in [2.24, 2.45) is 33.0 Å². The number of aromatic carboxylic acids is 1. The number of sulfone groups is 2. The normalized spacial score (nSPS) is 15.3. The number of nitrogens with one attached hydrogen (secondary N) is 2. The van der Waals surface area contributed by atoms with E-state index in [2.05, 4.69) is 32.6 Å². The maximum absolute atomic E-state index is 13.2. The fourth-order valence-corrected chi connectivity index (χ4v) is 10.1. The van der Waals surface area contributed by atoms with Gasteiger partial charge in [-0.25, -0.2) is 26.4 Å². The number of hydrogen-bond acceptors (Lipinski definition) is 10. The Balaban J connectivity index is 0.000000218. The molecule has 0 radical (unpaired) electrons. The second-order valence-corrected chi connectivity index (χ2v) is 23.8. The first-order valence-corrected chi connectivity index (χ1v) is 28.0. The number of aromatic nitrogens is 3. The van der Waals surface area contributed by atoms with E-state index in [1.165, 1.54) is 12.5 Å². The Morgan fingerprint density at radius 3 is 1.76 bits per heavy atom. The van der Waals surface area contributed by atoms with Gasteiger partial charge in [-0.2, -0.15) is 5.26 Å². The van der Waals surface area contributed by atoms with Crippen molar-refractivity contribution in [3.63, 3.8) is 0 Å². The minimum absolute atomic E-state index is 0.0746. The van der Waals surface area contributed by atoms with Gasteiger partial charge in [-0.3, -0.25) is 9.59 Å². The zero-order chi connectivity index (χ0) is 51.7. The van der Waals surface area contributed by atoms with Crippen molar-refractivity contribution in [3.05, 3.63) is 105 Å². The summed E-state index contributed by atoms with van der Waals surface area (Å²) in [6, 6.07) is 23.7. The molecule has 1 fully saturated rings. The number of fused-ring (bicyclic) bond motifs is 3. The van der Waals surface area contributed by atoms with E-state index in [0.29, 0.717) is 56.0 Å². The molecule has 16 nitrogen and oxygen atoms in total. The van der Waals surface area contributed by atoms with Crippen LogP contribution in [0.3, 0.4) is 0 Å². The summed E-state index contributed by atoms with van der Waals surface area (Å²) in [6.45, 7) is 6.22. The molecule has 3 atom stereocenters. The van der Waals surface area contributed by atoms with Crippen molar-refractivity contribution < 1.29 is 45.9 Å². The van der Waals surface area contributed by atoms with Crippen molar-refractivity contribution in [1.82, 2.24) is 24.3 Å². The highest BCUT2D eigenvalue weighted by atomic mass is 79.9. The van der Waals surface area contributed by atoms with E-state index in [9.17, 15) is 41.3 Å². The quantitative estimate of drug-likeness (QED) is 0.0845. The molecule has 0 saturated heterocycles. The van der Waals surface area contributed by atoms with Crippen LogP contribution in [-0.2, 0) is 63.2 Å². The number of amides is 2. The molecule has 1 aliphatic carbocycles. The molecule has 0 bridgehead atoms. The summed E-state index contributed by atoms with van der Waals surface area (Å²) in [5.41, 5.74) is 5.72. The highest BCUT2D eigenvalue weighted by Crippen LogP contribution is 2.28. The van der Waals surface area contributed by atoms with Gasteiger partial charge in [0, 0.05) is 76.9 Å². The molecule has 7 rings (SSSR count). The molecule has 70 heavy (non-hydrogen) atoms. The summed E-state index contributed by atoms with van der Waals surface area (Å²) in [7, 11) is -0.694. The van der Waals surface area contributed by atoms with Crippen molar-refractivity contribution in [2.75, 3.05) is 30.6 Å². The van der Waals surface area contributed by atoms with Crippen LogP contribution in [0.4, 0.5) is 0 Å². The van der Waals surface area contributed by atoms with Crippen LogP contribution in [0.25, 0.3) is 32.7 Å². The molecule has 0 aliphatic heterocycles. The monoisotopic (exact) mass is 1060 g/mol. The Labute approximate surface area is 418 Å². The number of hydrogen-bond donors (Lipinski definition) is 3. The molecule has 19 heteroatoms. The second kappa shape index (κ2) is 23.8. The van der Waals surface area contributed by atoms with Gasteiger partial charge in [0.05, 0.1) is 30.1 Å². The number of halogens is 1. The van der Waals surface area contributed by atoms with E-state index in [1.54, 1.807) is 29.2 Å². The SMILES string of the molecule is CC(C)C[C@@H](C#N)NC(=O)[C@@H]1CCCC[C@@H]1NC(=O)c1cc2ccc(CCS(C)(=O)=O)cc2n1C.CCOC(=O)c1cc2ccc(Br)cc2n1C.Cn1c(C(=O)O)cc2ccc(CCS(C)(=O)=O)cc21. The Morgan fingerprint density at radius 2 is 1.24 bits per heavy atom. The van der Waals surface area contributed by atoms with Gasteiger partial charge in [0.2, 0.25) is 5.91 Å². The Morgan fingerprint density at radius 1 is 0.757 bits per heavy atom. The van der Waals surface area contributed by atoms with Crippen LogP contribution in [0.2, 0.25) is 0 Å². The molecule has 3 heterocycles. The van der Waals surface area contributed by atoms with Gasteiger partial charge in [-0.15, -0.1) is 0 Å². The van der Waals surface area contributed by atoms with E-state index >= 15 is 0 Å². The van der Waals surface area contributed by atoms with Gasteiger partial charge in [-0.05, 0) is 98.5 Å². The van der Waals surface area contributed by atoms with Crippen LogP contribution >= 0.6 is 15.9 Å². The Hall–Kier alpha value is -5.97. The zero-order valence-corrected chi connectivity index (χ0v) is 44.1. The summed E-state index contributed by atoms with van der Waals surface area (Å²) in [6.07, 6.45) is 7.10. The van der Waals surface area contributed by atoms with E-state index in [1.807, 2.05) is 99.2 Å². The molecule has 6 aromatic rings. The van der Waals surface area contributed by atoms with Gasteiger partial charge in [0.15, 0.2) is 0 Å². The fraction of sp³-hybridized carbons (Fsp3) is 0.431. The second-order valence-electron chi connectivity index (χ2n) is 18.3. The average molecular weight is 1060 g/mol. The molecule has 3 aromatic heterocycles. The molecule has 0 unspecified atom stereocenters. The summed E-state index contributed by atoms with van der Waals surface area (Å²) in [5.74, 6) is -1.58. The third-order valence-corrected chi connectivity index (χ3v) is 14.7. The highest BCUT2D eigenvalue weighted by Gasteiger charge is 2.34. The molecule has 3 aromatic carbocycles. The van der Waals surface area contributed by atoms with Crippen molar-refractivity contribution in [2.45, 2.75) is 77.8 Å². The lowest BCUT2D eigenvalue weighted by molar-refractivity contribution is -0.127. The van der Waals surface area contributed by atoms with Crippen molar-refractivity contribution in [1.29, 1.82) is 5.26 Å². The molecule has 376 valence electrons. The maximum Gasteiger partial charge on any atom is 0.354 e. The predicted octanol–water partition coefficient (Wildman–Crippen LogP) is 7.69. The molecule has 1 aliphatic rings. The lowest BCUT2D eigenvalue weighted by Gasteiger charge is -2.32. The fourth-order valence-electron chi connectivity index (χ4n) is 8.55. The number of carboxylic acids is 1. The third-order valence-electron chi connectivity index (χ3n) is 12.3. The predicted molar refractivity (Wildman–Crippen MR) is 276 cm³/mol. The third kappa shape index (κ3) is 14.8. The van der Waals surface area contributed by atoms with E-state index in [-0.39, 0.29) is 46.9 Å². The summed E-state index contributed by atoms with van der Waals surface area (Å²) >= 11 is 3.41. The standard InChI is InChI=1S/C26H36N4O4S.C13H15NO4S.C12H12BrNO2/c1-17(2)13-20(16-27)28-25(31)21-7-5-6-8-22(21)29-26(32)24-15-19-10-9-18(11-12-35(4,33)34)14-23(19)30(24)3;1-14-11-7-9(5-6-19(2,17)18)3-4-10(11)8-12(14)13(15)16;1-3-16-12(15)11-6-8-4-5-9(13)7-10(8)14(11)2/h9-10,14-15,17,20-22H,5-8,11-13H2,1-4H3,(H,28,31)(H,29,32);3-4,7-8H,5-6H2,1-2H3,(H,15,16);4-7H,3H2,1-2H3/t20-,21+,22-;;/m0../s1. The molecular weight excluding hydrogens is 1000 g/mol. The molecule has 0 spiro atoms. The van der Waals surface area contributed by atoms with E-state index in [4.69, 9.17) is 9.84 Å². The first-order valence-electron chi connectivity index (χ1n) is 23.1. The van der Waals surface area contributed by atoms with Crippen LogP contribution in [-0.4, -0.2) is 102 Å². The van der Waals surface area contributed by atoms with Crippen molar-refractivity contribution >= 4 is 92.1 Å². The molecular formula is C51H63BrN6O10S2. The number of nitrogens with zero attached hydrogens (tertiary/aromatic N) is 4. The molecule has 1 saturated carbocycles. The van der Waals surface area contributed by atoms with Crippen molar-refractivity contribution in [3.8, 4) is 6.07 Å². The zero-order valence-electron chi connectivity index (χ0n) is 40.9. The minimum Gasteiger partial charge on any atom is -0.477 e. The number of carbonyl (C=O) groups is 4. The smallest absolute Gasteiger partial charge is 0.354 e. The number of benzene rings is 3. The van der Waals surface area contributed by atoms with Crippen LogP contribution < -0.4 is 10.6 Å². The van der Waals surface area contributed by atoms with Gasteiger partial charge in [0.25, 0.3) is 5.91 Å². The average Bonchev–Trinajstić information content (AvgIpc) is 3.93. The van der Waals surface area contributed by atoms with Gasteiger partial charge in [-0.1, -0.05) is 73.0 Å². The number of aryl methyl sites for hydroxylation is 5. The summed E-state index contributed by atoms with van der Waals surface area (Å²) in [5, 5.41) is 27.2. The van der Waals surface area contributed by atoms with E-state index < -0.39 is 31.7 Å². The topological polar surface area (TPSA) is 229 Å². The highest BCUT2D eigenvalue weighted by molar-refractivity contribution is 9.10. The van der Waals surface area contributed by atoms with Gasteiger partial charge < -0.3 is 34.2 Å². The van der Waals surface area contributed by atoms with E-state index in [0.717, 1.165) is 61.2 Å². The van der Waals surface area contributed by atoms with Crippen LogP contribution in [0, 0.1) is 23.2 Å². The lowest BCUT2D eigenvalue weighted by Crippen LogP contribution is -2.50. The number of carboxylic acid groups (broad SMARTS) is 1. The maximum atomic E-state index is 13.2. The summed E-state index contributed by atoms with van der Waals surface area (Å²) < 4.78 is 56.6. The summed E-state index contributed by atoms with van der Waals surface area (Å²) in [4.78, 5) is 48.9. The van der Waals surface area contributed by atoms with Crippen LogP contribution in [0.5, 0.6) is 0 Å². The first-order chi connectivity index (χ1) is 32.9. The molecule has 2 amide bonds. The lowest BCUT2D eigenvalue weighted by atomic mass is 9.83. The minimum atomic E-state index is -3.06. The number of carbonyl (C=O) groups excluding carboxylic acids is 3. The first kappa shape index (κ1) is 55.0. The van der Waals surface area contributed by atoms with Gasteiger partial charge in [0.1, 0.15) is 42.8 Å². The number of nitriles is 1. The van der Waals surface area contributed by atoms with Crippen LogP contribution in [0.1, 0.15) is 95.5 Å². The Kier molecular flexibility index (Phi) is 18.7. The Bertz CT molecular complexity index is 3170. The number of ether oxygens (including phenoxy) is 1. The van der Waals surface area contributed by atoms with Crippen LogP contribution in [0.15, 0.2) is 77.3 Å².